The highest BCUT2D eigenvalue weighted by Gasteiger charge is 2.15. The van der Waals surface area contributed by atoms with Gasteiger partial charge in [0.1, 0.15) is 10.4 Å². The van der Waals surface area contributed by atoms with Crippen LogP contribution in [0.5, 0.6) is 23.1 Å². The molecule has 0 N–H and O–H groups in total. The zero-order chi connectivity index (χ0) is 13.5. The van der Waals surface area contributed by atoms with E-state index >= 15 is 0 Å². The van der Waals surface area contributed by atoms with Crippen LogP contribution in [-0.4, -0.2) is 21.2 Å². The Hall–Kier alpha value is -2.28. The summed E-state index contributed by atoms with van der Waals surface area (Å²) in [5.41, 5.74) is 0.644. The molecule has 2 aromatic heterocycles. The fourth-order valence-electron chi connectivity index (χ4n) is 1.99. The molecule has 0 spiro atoms. The van der Waals surface area contributed by atoms with Crippen molar-refractivity contribution >= 4 is 21.6 Å². The molecule has 0 atom stereocenters. The third kappa shape index (κ3) is 1.87. The summed E-state index contributed by atoms with van der Waals surface area (Å²) in [6.45, 7) is 0.235. The average Bonchev–Trinajstić information content (AvgIpc) is 3.05. The van der Waals surface area contributed by atoms with Crippen LogP contribution < -0.4 is 14.2 Å². The van der Waals surface area contributed by atoms with E-state index in [9.17, 15) is 0 Å². The van der Waals surface area contributed by atoms with E-state index < -0.39 is 0 Å². The van der Waals surface area contributed by atoms with Crippen molar-refractivity contribution < 1.29 is 14.2 Å². The number of rotatable bonds is 2. The summed E-state index contributed by atoms with van der Waals surface area (Å²) < 4.78 is 18.9. The molecule has 1 aromatic carbocycles. The average molecular weight is 334 g/mol. The summed E-state index contributed by atoms with van der Waals surface area (Å²) in [4.78, 5) is 8.53. The highest BCUT2D eigenvalue weighted by molar-refractivity contribution is 9.10. The number of nitrogens with zero attached hydrogens (tertiary/aromatic N) is 3. The summed E-state index contributed by atoms with van der Waals surface area (Å²) in [6, 6.07) is 5.37. The van der Waals surface area contributed by atoms with Gasteiger partial charge in [-0.1, -0.05) is 0 Å². The smallest absolute Gasteiger partial charge is 0.264 e. The van der Waals surface area contributed by atoms with Crippen LogP contribution in [0.25, 0.3) is 5.65 Å². The Labute approximate surface area is 122 Å². The molecule has 4 rings (SSSR count). The Bertz CT molecular complexity index is 803. The van der Waals surface area contributed by atoms with Crippen molar-refractivity contribution in [2.75, 3.05) is 6.79 Å². The van der Waals surface area contributed by atoms with Gasteiger partial charge in [-0.05, 0) is 28.1 Å². The Balaban J connectivity index is 1.75. The van der Waals surface area contributed by atoms with Gasteiger partial charge in [-0.2, -0.15) is 0 Å². The van der Waals surface area contributed by atoms with Crippen LogP contribution in [0.2, 0.25) is 0 Å². The van der Waals surface area contributed by atoms with Crippen molar-refractivity contribution in [2.45, 2.75) is 0 Å². The van der Waals surface area contributed by atoms with Gasteiger partial charge in [0.2, 0.25) is 12.4 Å². The van der Waals surface area contributed by atoms with Gasteiger partial charge in [-0.3, -0.25) is 4.40 Å². The maximum Gasteiger partial charge on any atom is 0.264 e. The second-order valence-corrected chi connectivity index (χ2v) is 4.96. The molecule has 7 heteroatoms. The van der Waals surface area contributed by atoms with Gasteiger partial charge in [0.05, 0.1) is 0 Å². The van der Waals surface area contributed by atoms with Crippen LogP contribution in [0.15, 0.2) is 41.4 Å². The fourth-order valence-corrected chi connectivity index (χ4v) is 2.38. The summed E-state index contributed by atoms with van der Waals surface area (Å²) in [5, 5.41) is 0. The third-order valence-electron chi connectivity index (χ3n) is 2.87. The predicted octanol–water partition coefficient (Wildman–Crippen LogP) is 3.01. The molecule has 0 saturated carbocycles. The number of imidazole rings is 1. The summed E-state index contributed by atoms with van der Waals surface area (Å²) in [5.74, 6) is 2.41. The minimum atomic E-state index is 0.235. The van der Waals surface area contributed by atoms with E-state index in [1.54, 1.807) is 24.4 Å². The van der Waals surface area contributed by atoms with Gasteiger partial charge in [0, 0.05) is 24.7 Å². The van der Waals surface area contributed by atoms with E-state index in [0.717, 1.165) is 0 Å². The van der Waals surface area contributed by atoms with E-state index in [2.05, 4.69) is 25.9 Å². The highest BCUT2D eigenvalue weighted by atomic mass is 79.9. The SMILES string of the molecule is Brc1cn2ccnc2c(Oc2ccc3c(c2)OCO3)n1. The van der Waals surface area contributed by atoms with Crippen molar-refractivity contribution in [2.24, 2.45) is 0 Å². The van der Waals surface area contributed by atoms with Crippen LogP contribution in [0.3, 0.4) is 0 Å². The van der Waals surface area contributed by atoms with Gasteiger partial charge in [-0.15, -0.1) is 0 Å². The Kier molecular flexibility index (Phi) is 2.53. The highest BCUT2D eigenvalue weighted by Crippen LogP contribution is 2.36. The lowest BCUT2D eigenvalue weighted by Gasteiger charge is -2.07. The maximum absolute atomic E-state index is 5.80. The van der Waals surface area contributed by atoms with E-state index in [-0.39, 0.29) is 6.79 Å². The minimum Gasteiger partial charge on any atom is -0.454 e. The topological polar surface area (TPSA) is 57.9 Å². The molecule has 0 radical (unpaired) electrons. The number of halogens is 1. The Morgan fingerprint density at radius 1 is 1.25 bits per heavy atom. The molecule has 0 saturated heterocycles. The lowest BCUT2D eigenvalue weighted by Crippen LogP contribution is -1.95. The van der Waals surface area contributed by atoms with Crippen molar-refractivity contribution in [1.29, 1.82) is 0 Å². The molecular formula is C13H8BrN3O3. The molecular weight excluding hydrogens is 326 g/mol. The molecule has 1 aliphatic heterocycles. The van der Waals surface area contributed by atoms with Crippen LogP contribution in [0.1, 0.15) is 0 Å². The molecule has 0 aliphatic carbocycles. The molecule has 20 heavy (non-hydrogen) atoms. The molecule has 0 unspecified atom stereocenters. The maximum atomic E-state index is 5.80. The van der Waals surface area contributed by atoms with Gasteiger partial charge >= 0.3 is 0 Å². The number of aromatic nitrogens is 3. The summed E-state index contributed by atoms with van der Waals surface area (Å²) >= 11 is 3.35. The van der Waals surface area contributed by atoms with Crippen LogP contribution in [0, 0.1) is 0 Å². The first-order valence-corrected chi connectivity index (χ1v) is 6.65. The molecule has 1 aliphatic rings. The van der Waals surface area contributed by atoms with E-state index in [0.29, 0.717) is 33.4 Å². The summed E-state index contributed by atoms with van der Waals surface area (Å²) in [7, 11) is 0. The Morgan fingerprint density at radius 3 is 3.10 bits per heavy atom. The molecule has 0 fully saturated rings. The van der Waals surface area contributed by atoms with Crippen molar-refractivity contribution in [3.05, 3.63) is 41.4 Å². The second kappa shape index (κ2) is 4.38. The minimum absolute atomic E-state index is 0.235. The van der Waals surface area contributed by atoms with Crippen molar-refractivity contribution in [1.82, 2.24) is 14.4 Å². The standard InChI is InChI=1S/C13H8BrN3O3/c14-11-6-17-4-3-15-12(17)13(16-11)20-8-1-2-9-10(5-8)19-7-18-9/h1-6H,7H2. The zero-order valence-corrected chi connectivity index (χ0v) is 11.7. The van der Waals surface area contributed by atoms with E-state index in [4.69, 9.17) is 14.2 Å². The first-order chi connectivity index (χ1) is 9.79. The largest absolute Gasteiger partial charge is 0.454 e. The second-order valence-electron chi connectivity index (χ2n) is 4.14. The first kappa shape index (κ1) is 11.5. The number of ether oxygens (including phenoxy) is 3. The monoisotopic (exact) mass is 333 g/mol. The molecule has 0 bridgehead atoms. The van der Waals surface area contributed by atoms with Gasteiger partial charge < -0.3 is 14.2 Å². The van der Waals surface area contributed by atoms with Gasteiger partial charge in [0.15, 0.2) is 11.5 Å². The van der Waals surface area contributed by atoms with Crippen LogP contribution >= 0.6 is 15.9 Å². The van der Waals surface area contributed by atoms with Crippen LogP contribution in [-0.2, 0) is 0 Å². The van der Waals surface area contributed by atoms with Crippen LogP contribution in [0.4, 0.5) is 0 Å². The number of hydrogen-bond donors (Lipinski definition) is 0. The van der Waals surface area contributed by atoms with Gasteiger partial charge in [-0.25, -0.2) is 9.97 Å². The number of fused-ring (bicyclic) bond motifs is 2. The Morgan fingerprint density at radius 2 is 2.15 bits per heavy atom. The fraction of sp³-hybridized carbons (Fsp3) is 0.0769. The number of hydrogen-bond acceptors (Lipinski definition) is 5. The van der Waals surface area contributed by atoms with Crippen molar-refractivity contribution in [3.63, 3.8) is 0 Å². The lowest BCUT2D eigenvalue weighted by molar-refractivity contribution is 0.174. The number of benzene rings is 1. The quantitative estimate of drug-likeness (QED) is 0.721. The predicted molar refractivity (Wildman–Crippen MR) is 73.3 cm³/mol. The summed E-state index contributed by atoms with van der Waals surface area (Å²) in [6.07, 6.45) is 5.33. The van der Waals surface area contributed by atoms with Gasteiger partial charge in [0.25, 0.3) is 5.88 Å². The molecule has 6 nitrogen and oxygen atoms in total. The van der Waals surface area contributed by atoms with Crippen molar-refractivity contribution in [3.8, 4) is 23.1 Å². The molecule has 100 valence electrons. The molecule has 3 heterocycles. The van der Waals surface area contributed by atoms with E-state index in [1.807, 2.05) is 16.8 Å². The zero-order valence-electron chi connectivity index (χ0n) is 10.1. The lowest BCUT2D eigenvalue weighted by atomic mass is 10.3. The van der Waals surface area contributed by atoms with E-state index in [1.165, 1.54) is 0 Å². The molecule has 0 amide bonds. The third-order valence-corrected chi connectivity index (χ3v) is 3.25. The first-order valence-electron chi connectivity index (χ1n) is 5.86. The normalized spacial score (nSPS) is 12.8. The molecule has 3 aromatic rings.